The van der Waals surface area contributed by atoms with Gasteiger partial charge < -0.3 is 9.80 Å². The van der Waals surface area contributed by atoms with E-state index in [2.05, 4.69) is 192 Å². The van der Waals surface area contributed by atoms with Crippen LogP contribution < -0.4 is 9.80 Å². The Morgan fingerprint density at radius 2 is 1.30 bits per heavy atom. The van der Waals surface area contributed by atoms with Gasteiger partial charge in [-0.2, -0.15) is 0 Å². The van der Waals surface area contributed by atoms with Crippen LogP contribution in [0.25, 0.3) is 33.4 Å². The SMILES string of the molecule is C#C/C=C\C(=C/C)N(c1ccccc1)c1ccc(-c2ccc3c(c2)C2(c4ccccc4-3)c3ccccc3-c3c(N4C5=C(CCC=C5)Sc5ccccc54)cccc32)cc1.CC. The van der Waals surface area contributed by atoms with E-state index in [1.54, 1.807) is 6.08 Å². The summed E-state index contributed by atoms with van der Waals surface area (Å²) >= 11 is 1.94. The molecule has 0 saturated carbocycles. The monoisotopic (exact) mass is 802 g/mol. The summed E-state index contributed by atoms with van der Waals surface area (Å²) in [4.78, 5) is 7.54. The summed E-state index contributed by atoms with van der Waals surface area (Å²) in [7, 11) is 0. The summed E-state index contributed by atoms with van der Waals surface area (Å²) in [5.41, 5.74) is 19.4. The maximum absolute atomic E-state index is 5.65. The average Bonchev–Trinajstić information content (AvgIpc) is 3.80. The maximum Gasteiger partial charge on any atom is 0.0726 e. The van der Waals surface area contributed by atoms with Gasteiger partial charge in [-0.15, -0.1) is 6.42 Å². The Labute approximate surface area is 364 Å². The molecule has 3 heteroatoms. The smallest absolute Gasteiger partial charge is 0.0726 e. The molecule has 2 nitrogen and oxygen atoms in total. The van der Waals surface area contributed by atoms with Gasteiger partial charge in [-0.1, -0.05) is 159 Å². The van der Waals surface area contributed by atoms with Crippen molar-refractivity contribution < 1.29 is 0 Å². The number of thioether (sulfide) groups is 1. The van der Waals surface area contributed by atoms with Crippen LogP contribution in [0.15, 0.2) is 215 Å². The van der Waals surface area contributed by atoms with Crippen molar-refractivity contribution in [3.05, 3.63) is 233 Å². The van der Waals surface area contributed by atoms with E-state index in [-0.39, 0.29) is 0 Å². The van der Waals surface area contributed by atoms with Gasteiger partial charge in [0.1, 0.15) is 0 Å². The Kier molecular flexibility index (Phi) is 9.95. The average molecular weight is 803 g/mol. The van der Waals surface area contributed by atoms with E-state index >= 15 is 0 Å². The second kappa shape index (κ2) is 15.9. The van der Waals surface area contributed by atoms with Gasteiger partial charge in [-0.25, -0.2) is 0 Å². The minimum atomic E-state index is -0.484. The summed E-state index contributed by atoms with van der Waals surface area (Å²) in [5.74, 6) is 2.66. The van der Waals surface area contributed by atoms with E-state index < -0.39 is 5.41 Å². The molecule has 1 atom stereocenters. The number of hydrogen-bond acceptors (Lipinski definition) is 3. The zero-order valence-electron chi connectivity index (χ0n) is 34.8. The number of benzene rings is 7. The second-order valence-corrected chi connectivity index (χ2v) is 16.5. The molecule has 3 aliphatic carbocycles. The third kappa shape index (κ3) is 5.97. The van der Waals surface area contributed by atoms with Crippen LogP contribution in [0, 0.1) is 12.3 Å². The van der Waals surface area contributed by atoms with E-state index in [1.807, 2.05) is 44.7 Å². The van der Waals surface area contributed by atoms with Crippen molar-refractivity contribution in [2.45, 2.75) is 43.9 Å². The van der Waals surface area contributed by atoms with Gasteiger partial charge in [-0.05, 0) is 137 Å². The van der Waals surface area contributed by atoms with Gasteiger partial charge in [0, 0.05) is 32.4 Å². The molecule has 0 radical (unpaired) electrons. The first-order valence-corrected chi connectivity index (χ1v) is 22.2. The lowest BCUT2D eigenvalue weighted by Crippen LogP contribution is -2.26. The van der Waals surface area contributed by atoms with Crippen molar-refractivity contribution in [2.24, 2.45) is 0 Å². The molecule has 7 aromatic rings. The third-order valence-electron chi connectivity index (χ3n) is 12.4. The van der Waals surface area contributed by atoms with Crippen molar-refractivity contribution in [1.29, 1.82) is 0 Å². The Bertz CT molecular complexity index is 3000. The van der Waals surface area contributed by atoms with Crippen LogP contribution in [0.3, 0.4) is 0 Å². The fourth-order valence-corrected chi connectivity index (χ4v) is 11.1. The number of para-hydroxylation sites is 2. The molecule has 1 spiro atoms. The molecule has 0 aromatic heterocycles. The number of nitrogens with zero attached hydrogens (tertiary/aromatic N) is 2. The second-order valence-electron chi connectivity index (χ2n) is 15.4. The Hall–Kier alpha value is -6.99. The van der Waals surface area contributed by atoms with Crippen LogP contribution in [-0.2, 0) is 5.41 Å². The Morgan fingerprint density at radius 1 is 0.656 bits per heavy atom. The zero-order valence-corrected chi connectivity index (χ0v) is 35.6. The molecule has 11 rings (SSSR count). The summed E-state index contributed by atoms with van der Waals surface area (Å²) in [6, 6.07) is 60.7. The molecule has 1 aliphatic heterocycles. The third-order valence-corrected chi connectivity index (χ3v) is 13.6. The molecule has 1 unspecified atom stereocenters. The topological polar surface area (TPSA) is 6.48 Å². The lowest BCUT2D eigenvalue weighted by molar-refractivity contribution is 0.794. The van der Waals surface area contributed by atoms with E-state index in [1.165, 1.54) is 82.5 Å². The van der Waals surface area contributed by atoms with Crippen LogP contribution >= 0.6 is 11.8 Å². The molecule has 7 aromatic carbocycles. The highest BCUT2D eigenvalue weighted by atomic mass is 32.2. The summed E-state index contributed by atoms with van der Waals surface area (Å²) < 4.78 is 0. The molecule has 61 heavy (non-hydrogen) atoms. The maximum atomic E-state index is 5.65. The number of rotatable bonds is 6. The molecule has 0 bridgehead atoms. The first-order valence-electron chi connectivity index (χ1n) is 21.4. The van der Waals surface area contributed by atoms with Crippen molar-refractivity contribution in [3.8, 4) is 45.7 Å². The van der Waals surface area contributed by atoms with Crippen molar-refractivity contribution in [1.82, 2.24) is 0 Å². The molecular weight excluding hydrogens is 757 g/mol. The Balaban J connectivity index is 0.00000220. The minimum Gasteiger partial charge on any atom is -0.311 e. The number of allylic oxidation sites excluding steroid dienone is 6. The molecule has 4 aliphatic rings. The molecule has 0 fully saturated rings. The normalized spacial score (nSPS) is 16.5. The van der Waals surface area contributed by atoms with Crippen LogP contribution in [0.2, 0.25) is 0 Å². The lowest BCUT2D eigenvalue weighted by Gasteiger charge is -2.37. The molecule has 1 heterocycles. The fraction of sp³-hybridized carbons (Fsp3) is 0.103. The number of fused-ring (bicyclic) bond motifs is 11. The highest BCUT2D eigenvalue weighted by Gasteiger charge is 2.52. The van der Waals surface area contributed by atoms with Gasteiger partial charge in [0.25, 0.3) is 0 Å². The first-order chi connectivity index (χ1) is 30.2. The fourth-order valence-electron chi connectivity index (χ4n) is 9.98. The summed E-state index contributed by atoms with van der Waals surface area (Å²) in [6.45, 7) is 6.05. The quantitative estimate of drug-likeness (QED) is 0.122. The highest BCUT2D eigenvalue weighted by molar-refractivity contribution is 8.03. The van der Waals surface area contributed by atoms with Crippen LogP contribution in [0.1, 0.15) is 55.9 Å². The summed E-state index contributed by atoms with van der Waals surface area (Å²) in [5, 5.41) is 0. The van der Waals surface area contributed by atoms with Gasteiger partial charge >= 0.3 is 0 Å². The van der Waals surface area contributed by atoms with E-state index in [0.717, 1.165) is 29.9 Å². The predicted octanol–water partition coefficient (Wildman–Crippen LogP) is 15.8. The molecular formula is C58H46N2S. The van der Waals surface area contributed by atoms with Crippen molar-refractivity contribution in [3.63, 3.8) is 0 Å². The van der Waals surface area contributed by atoms with Gasteiger partial charge in [-0.3, -0.25) is 0 Å². The lowest BCUT2D eigenvalue weighted by atomic mass is 9.70. The standard InChI is InChI=1S/C56H40N2S.C2H6/c1-3-5-18-40(4-2)57(41-19-7-6-8-20-41)42-34-31-38(32-35-42)39-33-36-44-43-21-9-11-23-46(43)56(49(44)37-39)47-24-12-10-22-45(47)55-48(56)25-17-28-52(55)58-50-26-13-15-29-53(50)59-54-30-16-14-27-51(54)58;1-2/h1,4-15,17-29,31-37H,16,30H2,2H3;1-2H3/b18-5-,40-4+;. The van der Waals surface area contributed by atoms with E-state index in [9.17, 15) is 0 Å². The predicted molar refractivity (Wildman–Crippen MR) is 260 cm³/mol. The van der Waals surface area contributed by atoms with Gasteiger partial charge in [0.15, 0.2) is 0 Å². The number of terminal acetylenes is 1. The molecule has 0 N–H and O–H groups in total. The van der Waals surface area contributed by atoms with Crippen LogP contribution in [-0.4, -0.2) is 0 Å². The van der Waals surface area contributed by atoms with E-state index in [0.29, 0.717) is 0 Å². The Morgan fingerprint density at radius 3 is 2.08 bits per heavy atom. The first kappa shape index (κ1) is 38.2. The highest BCUT2D eigenvalue weighted by Crippen LogP contribution is 2.65. The minimum absolute atomic E-state index is 0.484. The van der Waals surface area contributed by atoms with Crippen LogP contribution in [0.5, 0.6) is 0 Å². The molecule has 294 valence electrons. The number of hydrogen-bond donors (Lipinski definition) is 0. The molecule has 0 amide bonds. The number of anilines is 4. The van der Waals surface area contributed by atoms with E-state index in [4.69, 9.17) is 6.42 Å². The van der Waals surface area contributed by atoms with Crippen LogP contribution in [0.4, 0.5) is 22.7 Å². The van der Waals surface area contributed by atoms with Crippen molar-refractivity contribution >= 4 is 34.5 Å². The summed E-state index contributed by atoms with van der Waals surface area (Å²) in [6.07, 6.45) is 18.3. The zero-order chi connectivity index (χ0) is 41.5. The van der Waals surface area contributed by atoms with Gasteiger partial charge in [0.05, 0.1) is 22.5 Å². The molecule has 0 saturated heterocycles. The largest absolute Gasteiger partial charge is 0.311 e. The van der Waals surface area contributed by atoms with Gasteiger partial charge in [0.2, 0.25) is 0 Å². The van der Waals surface area contributed by atoms with Crippen molar-refractivity contribution in [2.75, 3.05) is 9.80 Å².